The van der Waals surface area contributed by atoms with E-state index in [-0.39, 0.29) is 24.6 Å². The highest BCUT2D eigenvalue weighted by atomic mass is 19.1. The number of rotatable bonds is 12. The van der Waals surface area contributed by atoms with Crippen molar-refractivity contribution < 1.29 is 33.0 Å². The third-order valence-electron chi connectivity index (χ3n) is 7.91. The first kappa shape index (κ1) is 30.5. The van der Waals surface area contributed by atoms with Gasteiger partial charge >= 0.3 is 5.97 Å². The molecule has 1 aliphatic carbocycles. The number of halogens is 1. The predicted octanol–water partition coefficient (Wildman–Crippen LogP) is 8.49. The van der Waals surface area contributed by atoms with E-state index in [1.54, 1.807) is 30.3 Å². The lowest BCUT2D eigenvalue weighted by molar-refractivity contribution is -0.145. The van der Waals surface area contributed by atoms with Crippen LogP contribution in [0.1, 0.15) is 52.2 Å². The highest BCUT2D eigenvalue weighted by Crippen LogP contribution is 2.32. The molecule has 1 atom stereocenters. The zero-order valence-electron chi connectivity index (χ0n) is 25.2. The van der Waals surface area contributed by atoms with Crippen LogP contribution in [-0.4, -0.2) is 27.9 Å². The highest BCUT2D eigenvalue weighted by molar-refractivity contribution is 6.01. The van der Waals surface area contributed by atoms with Crippen LogP contribution < -0.4 is 9.47 Å². The molecule has 46 heavy (non-hydrogen) atoms. The van der Waals surface area contributed by atoms with Crippen LogP contribution in [0.3, 0.4) is 0 Å². The first-order valence-corrected chi connectivity index (χ1v) is 15.1. The smallest absolute Gasteiger partial charge is 0.344 e. The van der Waals surface area contributed by atoms with Crippen LogP contribution in [0.2, 0.25) is 0 Å². The monoisotopic (exact) mass is 617 g/mol. The molecule has 1 aromatic heterocycles. The molecule has 0 fully saturated rings. The van der Waals surface area contributed by atoms with Crippen molar-refractivity contribution in [2.75, 3.05) is 0 Å². The Kier molecular flexibility index (Phi) is 9.06. The van der Waals surface area contributed by atoms with E-state index in [1.165, 1.54) is 12.1 Å². The second-order valence-electron chi connectivity index (χ2n) is 11.1. The Morgan fingerprint density at radius 2 is 1.70 bits per heavy atom. The molecule has 0 aliphatic heterocycles. The second kappa shape index (κ2) is 13.6. The number of aryl methyl sites for hydroxylation is 2. The zero-order valence-corrected chi connectivity index (χ0v) is 25.2. The predicted molar refractivity (Wildman–Crippen MR) is 172 cm³/mol. The number of carboxylic acid groups (broad SMARTS) is 1. The molecule has 4 aromatic carbocycles. The third-order valence-corrected chi connectivity index (χ3v) is 7.91. The Bertz CT molecular complexity index is 1880. The van der Waals surface area contributed by atoms with E-state index in [9.17, 15) is 19.1 Å². The average Bonchev–Trinajstić information content (AvgIpc) is 3.63. The van der Waals surface area contributed by atoms with Crippen molar-refractivity contribution in [1.29, 1.82) is 0 Å². The van der Waals surface area contributed by atoms with Gasteiger partial charge < -0.3 is 19.0 Å². The van der Waals surface area contributed by atoms with Crippen molar-refractivity contribution in [1.82, 2.24) is 4.98 Å². The number of carboxylic acids is 1. The summed E-state index contributed by atoms with van der Waals surface area (Å²) < 4.78 is 31.1. The molecule has 0 amide bonds. The number of aromatic nitrogens is 1. The molecule has 1 aliphatic rings. The van der Waals surface area contributed by atoms with E-state index in [2.05, 4.69) is 4.98 Å². The minimum Gasteiger partial charge on any atom is -0.487 e. The maximum atomic E-state index is 13.3. The second-order valence-corrected chi connectivity index (χ2v) is 11.1. The Hall–Kier alpha value is -5.50. The van der Waals surface area contributed by atoms with Crippen LogP contribution in [0, 0.1) is 12.7 Å². The summed E-state index contributed by atoms with van der Waals surface area (Å²) in [6.45, 7) is 2.00. The normalized spacial score (nSPS) is 13.1. The Labute approximate surface area is 266 Å². The molecule has 232 valence electrons. The van der Waals surface area contributed by atoms with Crippen molar-refractivity contribution >= 4 is 17.8 Å². The zero-order chi connectivity index (χ0) is 32.0. The minimum atomic E-state index is -1.06. The first-order chi connectivity index (χ1) is 22.3. The van der Waals surface area contributed by atoms with Gasteiger partial charge in [-0.25, -0.2) is 14.2 Å². The van der Waals surface area contributed by atoms with Gasteiger partial charge in [-0.15, -0.1) is 0 Å². The van der Waals surface area contributed by atoms with E-state index in [0.717, 1.165) is 27.8 Å². The maximum Gasteiger partial charge on any atom is 0.344 e. The lowest BCUT2D eigenvalue weighted by Gasteiger charge is -2.15. The SMILES string of the molecule is Cc1oc(-c2ccccc2)nc1COc1cc2c(cc1/C=C/CCC(Oc1ccc(-c3ccc(F)cc3)cc1)C(=O)O)CCC2=O. The van der Waals surface area contributed by atoms with Crippen molar-refractivity contribution in [3.63, 3.8) is 0 Å². The molecule has 1 heterocycles. The number of carbonyl (C=O) groups excluding carboxylic acids is 1. The van der Waals surface area contributed by atoms with E-state index in [1.807, 2.05) is 67.6 Å². The van der Waals surface area contributed by atoms with Crippen molar-refractivity contribution in [3.05, 3.63) is 131 Å². The number of hydrogen-bond donors (Lipinski definition) is 1. The number of Topliss-reactive ketones (excluding diaryl/α,β-unsaturated/α-hetero) is 1. The van der Waals surface area contributed by atoms with Gasteiger partial charge in [-0.05, 0) is 91.4 Å². The van der Waals surface area contributed by atoms with Crippen molar-refractivity contribution in [2.24, 2.45) is 0 Å². The van der Waals surface area contributed by atoms with E-state index in [4.69, 9.17) is 13.9 Å². The van der Waals surface area contributed by atoms with Gasteiger partial charge in [0.2, 0.25) is 5.89 Å². The van der Waals surface area contributed by atoms with Gasteiger partial charge in [0, 0.05) is 23.1 Å². The van der Waals surface area contributed by atoms with Crippen LogP contribution in [0.25, 0.3) is 28.7 Å². The summed E-state index contributed by atoms with van der Waals surface area (Å²) in [5.41, 5.74) is 5.67. The molecule has 5 aromatic rings. The lowest BCUT2D eigenvalue weighted by Crippen LogP contribution is -2.26. The first-order valence-electron chi connectivity index (χ1n) is 15.1. The minimum absolute atomic E-state index is 0.0894. The van der Waals surface area contributed by atoms with Gasteiger partial charge in [-0.3, -0.25) is 4.79 Å². The van der Waals surface area contributed by atoms with Crippen LogP contribution >= 0.6 is 0 Å². The van der Waals surface area contributed by atoms with Gasteiger partial charge in [0.15, 0.2) is 11.9 Å². The fourth-order valence-electron chi connectivity index (χ4n) is 5.38. The molecule has 0 saturated carbocycles. The molecular formula is C38H32FNO6. The number of oxazole rings is 1. The molecular weight excluding hydrogens is 585 g/mol. The molecule has 7 nitrogen and oxygen atoms in total. The van der Waals surface area contributed by atoms with Crippen LogP contribution in [0.5, 0.6) is 11.5 Å². The summed E-state index contributed by atoms with van der Waals surface area (Å²) >= 11 is 0. The largest absolute Gasteiger partial charge is 0.487 e. The number of nitrogens with zero attached hydrogens (tertiary/aromatic N) is 1. The summed E-state index contributed by atoms with van der Waals surface area (Å²) in [4.78, 5) is 29.1. The van der Waals surface area contributed by atoms with E-state index in [0.29, 0.717) is 53.7 Å². The summed E-state index contributed by atoms with van der Waals surface area (Å²) in [7, 11) is 0. The summed E-state index contributed by atoms with van der Waals surface area (Å²) in [6, 6.07) is 26.6. The van der Waals surface area contributed by atoms with Gasteiger partial charge in [0.05, 0.1) is 0 Å². The molecule has 8 heteroatoms. The number of ether oxygens (including phenoxy) is 2. The van der Waals surface area contributed by atoms with Gasteiger partial charge in [0.1, 0.15) is 35.4 Å². The number of aliphatic carboxylic acids is 1. The standard InChI is InChI=1S/C38H32FNO6/c1-24-33(40-37(45-24)27-7-3-2-4-8-27)23-44-36-22-32-28(15-20-34(32)41)21-29(36)9-5-6-10-35(38(42)43)46-31-18-13-26(14-19-31)25-11-16-30(39)17-12-25/h2-5,7-9,11-14,16-19,21-22,35H,6,10,15,20,23H2,1H3,(H,42,43)/b9-5+. The Morgan fingerprint density at radius 3 is 2.41 bits per heavy atom. The van der Waals surface area contributed by atoms with Crippen LogP contribution in [0.4, 0.5) is 4.39 Å². The molecule has 0 saturated heterocycles. The Balaban J connectivity index is 1.12. The third kappa shape index (κ3) is 7.07. The molecule has 6 rings (SSSR count). The topological polar surface area (TPSA) is 98.9 Å². The van der Waals surface area contributed by atoms with Crippen molar-refractivity contribution in [3.8, 4) is 34.1 Å². The summed E-state index contributed by atoms with van der Waals surface area (Å²) in [6.07, 6.45) is 4.54. The number of allylic oxidation sites excluding steroid dienone is 1. The molecule has 0 spiro atoms. The highest BCUT2D eigenvalue weighted by Gasteiger charge is 2.23. The lowest BCUT2D eigenvalue weighted by atomic mass is 10.0. The van der Waals surface area contributed by atoms with E-state index >= 15 is 0 Å². The Morgan fingerprint density at radius 1 is 0.978 bits per heavy atom. The van der Waals surface area contributed by atoms with Gasteiger partial charge in [-0.1, -0.05) is 54.6 Å². The van der Waals surface area contributed by atoms with Crippen LogP contribution in [-0.2, 0) is 17.8 Å². The van der Waals surface area contributed by atoms with Crippen molar-refractivity contribution in [2.45, 2.75) is 45.3 Å². The number of benzene rings is 4. The number of carbonyl (C=O) groups is 2. The van der Waals surface area contributed by atoms with Gasteiger partial charge in [-0.2, -0.15) is 0 Å². The number of ketones is 1. The number of hydrogen-bond acceptors (Lipinski definition) is 6. The fraction of sp³-hybridized carbons (Fsp3) is 0.184. The van der Waals surface area contributed by atoms with Crippen LogP contribution in [0.15, 0.2) is 101 Å². The molecule has 1 unspecified atom stereocenters. The fourth-order valence-corrected chi connectivity index (χ4v) is 5.38. The average molecular weight is 618 g/mol. The quantitative estimate of drug-likeness (QED) is 0.150. The summed E-state index contributed by atoms with van der Waals surface area (Å²) in [5, 5.41) is 9.81. The number of fused-ring (bicyclic) bond motifs is 1. The molecule has 0 radical (unpaired) electrons. The summed E-state index contributed by atoms with van der Waals surface area (Å²) in [5.74, 6) is 0.857. The maximum absolute atomic E-state index is 13.3. The van der Waals surface area contributed by atoms with Gasteiger partial charge in [0.25, 0.3) is 0 Å². The molecule has 1 N–H and O–H groups in total. The van der Waals surface area contributed by atoms with E-state index < -0.39 is 12.1 Å². The molecule has 0 bridgehead atoms.